The van der Waals surface area contributed by atoms with Gasteiger partial charge in [-0.1, -0.05) is 18.2 Å². The molecule has 2 aliphatic heterocycles. The van der Waals surface area contributed by atoms with Crippen LogP contribution in [-0.4, -0.2) is 43.0 Å². The molecule has 7 heteroatoms. The number of halogens is 2. The highest BCUT2D eigenvalue weighted by Gasteiger charge is 2.51. The number of nitrogens with zero attached hydrogens (tertiary/aromatic N) is 1. The molecule has 2 aromatic carbocycles. The number of carbonyl (C=O) groups is 2. The Morgan fingerprint density at radius 3 is 2.47 bits per heavy atom. The first-order chi connectivity index (χ1) is 14.4. The zero-order valence-corrected chi connectivity index (χ0v) is 16.6. The van der Waals surface area contributed by atoms with E-state index in [0.29, 0.717) is 43.9 Å². The normalized spacial score (nSPS) is 20.3. The summed E-state index contributed by atoms with van der Waals surface area (Å²) in [6, 6.07) is 11.8. The van der Waals surface area contributed by atoms with Crippen molar-refractivity contribution in [2.75, 3.05) is 31.6 Å². The number of amides is 2. The van der Waals surface area contributed by atoms with Crippen molar-refractivity contribution in [3.05, 3.63) is 65.7 Å². The van der Waals surface area contributed by atoms with Gasteiger partial charge in [0.25, 0.3) is 0 Å². The minimum atomic E-state index is -0.424. The number of likely N-dealkylation sites (tertiary alicyclic amines) is 1. The number of benzene rings is 2. The first-order valence-corrected chi connectivity index (χ1v) is 10.1. The van der Waals surface area contributed by atoms with Gasteiger partial charge in [-0.15, -0.1) is 0 Å². The Bertz CT molecular complexity index is 944. The van der Waals surface area contributed by atoms with E-state index in [1.807, 2.05) is 0 Å². The summed E-state index contributed by atoms with van der Waals surface area (Å²) in [6.07, 6.45) is 1.44. The van der Waals surface area contributed by atoms with Crippen molar-refractivity contribution < 1.29 is 23.1 Å². The maximum Gasteiger partial charge on any atom is 0.229 e. The second-order valence-electron chi connectivity index (χ2n) is 8.11. The average molecular weight is 414 g/mol. The Morgan fingerprint density at radius 2 is 1.77 bits per heavy atom. The van der Waals surface area contributed by atoms with Crippen molar-refractivity contribution in [2.24, 2.45) is 11.3 Å². The van der Waals surface area contributed by atoms with Crippen LogP contribution >= 0.6 is 0 Å². The molecule has 1 spiro atoms. The molecule has 2 heterocycles. The highest BCUT2D eigenvalue weighted by atomic mass is 19.1. The highest BCUT2D eigenvalue weighted by molar-refractivity contribution is 5.94. The lowest BCUT2D eigenvalue weighted by molar-refractivity contribution is -0.130. The SMILES string of the molecule is O=C(Nc1cccc(F)c1)C1CN(C(=O)Cc2cccc(F)c2)CC12CCOCC2. The van der Waals surface area contributed by atoms with E-state index in [2.05, 4.69) is 5.32 Å². The van der Waals surface area contributed by atoms with Crippen LogP contribution in [0.3, 0.4) is 0 Å². The molecular formula is C23H24F2N2O3. The van der Waals surface area contributed by atoms with Crippen molar-refractivity contribution in [1.82, 2.24) is 4.90 Å². The zero-order chi connectivity index (χ0) is 21.1. The van der Waals surface area contributed by atoms with Crippen LogP contribution in [0.2, 0.25) is 0 Å². The van der Waals surface area contributed by atoms with Crippen LogP contribution in [-0.2, 0) is 20.7 Å². The first-order valence-electron chi connectivity index (χ1n) is 10.1. The number of hydrogen-bond donors (Lipinski definition) is 1. The van der Waals surface area contributed by atoms with E-state index < -0.39 is 11.7 Å². The topological polar surface area (TPSA) is 58.6 Å². The monoisotopic (exact) mass is 414 g/mol. The lowest BCUT2D eigenvalue weighted by atomic mass is 9.71. The van der Waals surface area contributed by atoms with Gasteiger partial charge in [-0.3, -0.25) is 9.59 Å². The van der Waals surface area contributed by atoms with Gasteiger partial charge in [0.05, 0.1) is 12.3 Å². The van der Waals surface area contributed by atoms with Crippen molar-refractivity contribution in [3.63, 3.8) is 0 Å². The molecule has 1 N–H and O–H groups in total. The zero-order valence-electron chi connectivity index (χ0n) is 16.6. The number of ether oxygens (including phenoxy) is 1. The van der Waals surface area contributed by atoms with E-state index in [4.69, 9.17) is 4.74 Å². The molecule has 0 saturated carbocycles. The molecule has 5 nitrogen and oxygen atoms in total. The number of anilines is 1. The summed E-state index contributed by atoms with van der Waals surface area (Å²) in [7, 11) is 0. The predicted molar refractivity (Wildman–Crippen MR) is 108 cm³/mol. The fourth-order valence-corrected chi connectivity index (χ4v) is 4.53. The predicted octanol–water partition coefficient (Wildman–Crippen LogP) is 3.40. The van der Waals surface area contributed by atoms with Gasteiger partial charge in [0.1, 0.15) is 11.6 Å². The van der Waals surface area contributed by atoms with Crippen LogP contribution in [0, 0.1) is 23.0 Å². The van der Waals surface area contributed by atoms with Gasteiger partial charge in [0, 0.05) is 37.4 Å². The molecular weight excluding hydrogens is 390 g/mol. The summed E-state index contributed by atoms with van der Waals surface area (Å²) in [5.41, 5.74) is 0.633. The fraction of sp³-hybridized carbons (Fsp3) is 0.391. The summed E-state index contributed by atoms with van der Waals surface area (Å²) >= 11 is 0. The van der Waals surface area contributed by atoms with Crippen molar-refractivity contribution in [1.29, 1.82) is 0 Å². The second kappa shape index (κ2) is 8.52. The lowest BCUT2D eigenvalue weighted by Gasteiger charge is -2.37. The molecule has 158 valence electrons. The highest BCUT2D eigenvalue weighted by Crippen LogP contribution is 2.45. The van der Waals surface area contributed by atoms with Crippen LogP contribution < -0.4 is 5.32 Å². The quantitative estimate of drug-likeness (QED) is 0.834. The first kappa shape index (κ1) is 20.5. The van der Waals surface area contributed by atoms with Gasteiger partial charge in [-0.25, -0.2) is 8.78 Å². The van der Waals surface area contributed by atoms with E-state index in [9.17, 15) is 18.4 Å². The van der Waals surface area contributed by atoms with Gasteiger partial charge in [0.15, 0.2) is 0 Å². The average Bonchev–Trinajstić information content (AvgIpc) is 3.07. The number of rotatable bonds is 4. The molecule has 0 radical (unpaired) electrons. The van der Waals surface area contributed by atoms with Crippen molar-refractivity contribution in [2.45, 2.75) is 19.3 Å². The molecule has 30 heavy (non-hydrogen) atoms. The van der Waals surface area contributed by atoms with E-state index in [1.165, 1.54) is 24.3 Å². The molecule has 1 atom stereocenters. The van der Waals surface area contributed by atoms with Crippen LogP contribution in [0.1, 0.15) is 18.4 Å². The maximum absolute atomic E-state index is 13.5. The van der Waals surface area contributed by atoms with E-state index in [-0.39, 0.29) is 36.0 Å². The Kier molecular flexibility index (Phi) is 5.81. The standard InChI is InChI=1S/C23H24F2N2O3/c24-17-4-1-3-16(11-17)12-21(28)27-14-20(23(15-27)7-9-30-10-8-23)22(29)26-19-6-2-5-18(25)13-19/h1-6,11,13,20H,7-10,12,14-15H2,(H,26,29). The maximum atomic E-state index is 13.5. The third-order valence-electron chi connectivity index (χ3n) is 6.14. The Labute approximate surface area is 174 Å². The molecule has 0 aliphatic carbocycles. The van der Waals surface area contributed by atoms with Gasteiger partial charge in [0.2, 0.25) is 11.8 Å². The molecule has 0 aromatic heterocycles. The van der Waals surface area contributed by atoms with Gasteiger partial charge < -0.3 is 15.0 Å². The van der Waals surface area contributed by atoms with Crippen LogP contribution in [0.4, 0.5) is 14.5 Å². The summed E-state index contributed by atoms with van der Waals surface area (Å²) in [6.45, 7) is 1.83. The molecule has 2 saturated heterocycles. The molecule has 2 aliphatic rings. The lowest BCUT2D eigenvalue weighted by Crippen LogP contribution is -2.42. The van der Waals surface area contributed by atoms with Gasteiger partial charge >= 0.3 is 0 Å². The van der Waals surface area contributed by atoms with Crippen molar-refractivity contribution in [3.8, 4) is 0 Å². The minimum absolute atomic E-state index is 0.0859. The van der Waals surface area contributed by atoms with E-state index in [1.54, 1.807) is 29.2 Å². The molecule has 4 rings (SSSR count). The third-order valence-corrected chi connectivity index (χ3v) is 6.14. The minimum Gasteiger partial charge on any atom is -0.381 e. The smallest absolute Gasteiger partial charge is 0.229 e. The summed E-state index contributed by atoms with van der Waals surface area (Å²) < 4.78 is 32.5. The van der Waals surface area contributed by atoms with Gasteiger partial charge in [-0.05, 0) is 48.7 Å². The second-order valence-corrected chi connectivity index (χ2v) is 8.11. The summed E-state index contributed by atoms with van der Waals surface area (Å²) in [5.74, 6) is -1.57. The van der Waals surface area contributed by atoms with Crippen LogP contribution in [0.15, 0.2) is 48.5 Å². The molecule has 1 unspecified atom stereocenters. The van der Waals surface area contributed by atoms with E-state index in [0.717, 1.165) is 0 Å². The third kappa shape index (κ3) is 4.36. The number of hydrogen-bond acceptors (Lipinski definition) is 3. The van der Waals surface area contributed by atoms with Crippen molar-refractivity contribution >= 4 is 17.5 Å². The Morgan fingerprint density at radius 1 is 1.07 bits per heavy atom. The van der Waals surface area contributed by atoms with Gasteiger partial charge in [-0.2, -0.15) is 0 Å². The Balaban J connectivity index is 1.51. The molecule has 2 amide bonds. The van der Waals surface area contributed by atoms with Crippen LogP contribution in [0.5, 0.6) is 0 Å². The summed E-state index contributed by atoms with van der Waals surface area (Å²) in [5, 5.41) is 2.81. The van der Waals surface area contributed by atoms with E-state index >= 15 is 0 Å². The fourth-order valence-electron chi connectivity index (χ4n) is 4.53. The van der Waals surface area contributed by atoms with Crippen LogP contribution in [0.25, 0.3) is 0 Å². The molecule has 0 bridgehead atoms. The number of carbonyl (C=O) groups excluding carboxylic acids is 2. The largest absolute Gasteiger partial charge is 0.381 e. The Hall–Kier alpha value is -2.80. The molecule has 2 fully saturated rings. The summed E-state index contributed by atoms with van der Waals surface area (Å²) in [4.78, 5) is 27.7. The number of nitrogens with one attached hydrogen (secondary N) is 1. The molecule has 2 aromatic rings.